The van der Waals surface area contributed by atoms with E-state index in [1.165, 1.54) is 24.2 Å². The van der Waals surface area contributed by atoms with Gasteiger partial charge in [-0.2, -0.15) is 0 Å². The molecule has 1 aliphatic rings. The minimum atomic E-state index is -1.15. The number of benzene rings is 1. The number of rotatable bonds is 2. The summed E-state index contributed by atoms with van der Waals surface area (Å²) in [6.45, 7) is 3.93. The molecule has 1 aliphatic heterocycles. The largest absolute Gasteiger partial charge is 0.465 e. The molecule has 2 N–H and O–H groups in total. The molecular weight excluding hydrogens is 343 g/mol. The maximum atomic E-state index is 14.3. The summed E-state index contributed by atoms with van der Waals surface area (Å²) in [5, 5.41) is 11.6. The van der Waals surface area contributed by atoms with Gasteiger partial charge >= 0.3 is 6.09 Å². The first-order valence-corrected chi connectivity index (χ1v) is 8.51. The van der Waals surface area contributed by atoms with E-state index in [0.29, 0.717) is 22.7 Å². The predicted molar refractivity (Wildman–Crippen MR) is 95.0 cm³/mol. The topological polar surface area (TPSA) is 87.5 Å². The molecule has 0 spiro atoms. The van der Waals surface area contributed by atoms with Crippen LogP contribution in [-0.4, -0.2) is 32.4 Å². The van der Waals surface area contributed by atoms with Gasteiger partial charge in [0.05, 0.1) is 6.04 Å². The molecular formula is C17H17FN4O2S. The summed E-state index contributed by atoms with van der Waals surface area (Å²) in [6, 6.07) is 4.87. The maximum Gasteiger partial charge on any atom is 0.410 e. The van der Waals surface area contributed by atoms with Gasteiger partial charge in [0.2, 0.25) is 0 Å². The number of carbonyl (C=O) groups is 1. The van der Waals surface area contributed by atoms with Crippen LogP contribution in [0.25, 0.3) is 11.1 Å². The summed E-state index contributed by atoms with van der Waals surface area (Å²) in [5.74, 6) is -0.353. The van der Waals surface area contributed by atoms with Crippen LogP contribution in [0.15, 0.2) is 41.9 Å². The molecule has 8 heteroatoms. The zero-order valence-corrected chi connectivity index (χ0v) is 14.5. The van der Waals surface area contributed by atoms with E-state index in [1.807, 2.05) is 13.8 Å². The Morgan fingerprint density at radius 1 is 1.40 bits per heavy atom. The van der Waals surface area contributed by atoms with Crippen LogP contribution in [-0.2, 0) is 4.75 Å². The van der Waals surface area contributed by atoms with E-state index in [2.05, 4.69) is 20.3 Å². The first kappa shape index (κ1) is 17.3. The lowest BCUT2D eigenvalue weighted by molar-refractivity contribution is 0.200. The van der Waals surface area contributed by atoms with E-state index in [0.717, 1.165) is 5.56 Å². The summed E-state index contributed by atoms with van der Waals surface area (Å²) in [5.41, 5.74) is 1.91. The third kappa shape index (κ3) is 3.79. The first-order valence-electron chi connectivity index (χ1n) is 7.69. The van der Waals surface area contributed by atoms with Crippen LogP contribution in [0.1, 0.15) is 25.8 Å². The molecule has 0 fully saturated rings. The summed E-state index contributed by atoms with van der Waals surface area (Å²) in [4.78, 5) is 23.2. The van der Waals surface area contributed by atoms with E-state index in [9.17, 15) is 9.18 Å². The van der Waals surface area contributed by atoms with E-state index in [1.54, 1.807) is 24.5 Å². The Labute approximate surface area is 148 Å². The molecule has 2 atom stereocenters. The van der Waals surface area contributed by atoms with Crippen LogP contribution in [0.2, 0.25) is 0 Å². The van der Waals surface area contributed by atoms with Gasteiger partial charge in [0, 0.05) is 28.3 Å². The number of thioether (sulfide) groups is 1. The SMILES string of the molecule is C[C@@H]1C[C@@](C)(c2ccc(F)c(-c3cncnc3)c2)SC(NC(=O)O)=N1. The molecule has 0 radical (unpaired) electrons. The number of aromatic nitrogens is 2. The number of halogens is 1. The Balaban J connectivity index is 1.98. The van der Waals surface area contributed by atoms with E-state index >= 15 is 0 Å². The van der Waals surface area contributed by atoms with Crippen LogP contribution in [0.5, 0.6) is 0 Å². The molecule has 1 aromatic heterocycles. The van der Waals surface area contributed by atoms with Crippen molar-refractivity contribution in [3.05, 3.63) is 48.3 Å². The lowest BCUT2D eigenvalue weighted by Crippen LogP contribution is -2.37. The van der Waals surface area contributed by atoms with Gasteiger partial charge in [-0.15, -0.1) is 0 Å². The minimum Gasteiger partial charge on any atom is -0.465 e. The molecule has 2 aromatic rings. The molecule has 0 unspecified atom stereocenters. The van der Waals surface area contributed by atoms with Crippen LogP contribution < -0.4 is 5.32 Å². The lowest BCUT2D eigenvalue weighted by atomic mass is 9.91. The number of nitrogens with one attached hydrogen (secondary N) is 1. The van der Waals surface area contributed by atoms with Crippen molar-refractivity contribution < 1.29 is 14.3 Å². The van der Waals surface area contributed by atoms with E-state index < -0.39 is 10.8 Å². The normalized spacial score (nSPS) is 23.0. The fourth-order valence-corrected chi connectivity index (χ4v) is 4.30. The van der Waals surface area contributed by atoms with Gasteiger partial charge in [-0.05, 0) is 38.0 Å². The lowest BCUT2D eigenvalue weighted by Gasteiger charge is -2.35. The Hall–Kier alpha value is -2.48. The zero-order valence-electron chi connectivity index (χ0n) is 13.7. The van der Waals surface area contributed by atoms with Crippen molar-refractivity contribution in [3.8, 4) is 11.1 Å². The monoisotopic (exact) mass is 360 g/mol. The first-order chi connectivity index (χ1) is 11.9. The Kier molecular flexibility index (Phi) is 4.71. The predicted octanol–water partition coefficient (Wildman–Crippen LogP) is 3.65. The summed E-state index contributed by atoms with van der Waals surface area (Å²) >= 11 is 1.33. The number of nitrogens with zero attached hydrogens (tertiary/aromatic N) is 3. The molecule has 0 aliphatic carbocycles. The van der Waals surface area contributed by atoms with Crippen molar-refractivity contribution in [2.75, 3.05) is 0 Å². The van der Waals surface area contributed by atoms with Crippen molar-refractivity contribution in [1.82, 2.24) is 15.3 Å². The number of carboxylic acid groups (broad SMARTS) is 1. The highest BCUT2D eigenvalue weighted by atomic mass is 32.2. The third-order valence-corrected chi connectivity index (χ3v) is 5.26. The fraction of sp³-hybridized carbons (Fsp3) is 0.294. The van der Waals surface area contributed by atoms with E-state index in [4.69, 9.17) is 5.11 Å². The van der Waals surface area contributed by atoms with Crippen molar-refractivity contribution >= 4 is 23.0 Å². The molecule has 25 heavy (non-hydrogen) atoms. The van der Waals surface area contributed by atoms with Gasteiger partial charge in [0.1, 0.15) is 12.1 Å². The van der Waals surface area contributed by atoms with Gasteiger partial charge in [0.25, 0.3) is 0 Å². The quantitative estimate of drug-likeness (QED) is 0.854. The molecule has 1 aromatic carbocycles. The number of hydrogen-bond donors (Lipinski definition) is 2. The second-order valence-corrected chi connectivity index (χ2v) is 7.56. The highest BCUT2D eigenvalue weighted by molar-refractivity contribution is 8.14. The third-order valence-electron chi connectivity index (χ3n) is 4.01. The van der Waals surface area contributed by atoms with E-state index in [-0.39, 0.29) is 11.9 Å². The second kappa shape index (κ2) is 6.79. The number of amidine groups is 1. The van der Waals surface area contributed by atoms with Crippen LogP contribution in [0.4, 0.5) is 9.18 Å². The van der Waals surface area contributed by atoms with Crippen LogP contribution >= 0.6 is 11.8 Å². The van der Waals surface area contributed by atoms with Gasteiger partial charge in [0.15, 0.2) is 5.17 Å². The summed E-state index contributed by atoms with van der Waals surface area (Å²) in [6.07, 6.45) is 4.08. The molecule has 3 rings (SSSR count). The van der Waals surface area contributed by atoms with Crippen molar-refractivity contribution in [2.45, 2.75) is 31.1 Å². The second-order valence-electron chi connectivity index (χ2n) is 6.07. The number of amides is 1. The Morgan fingerprint density at radius 3 is 2.80 bits per heavy atom. The van der Waals surface area contributed by atoms with Crippen LogP contribution in [0.3, 0.4) is 0 Å². The average molecular weight is 360 g/mol. The van der Waals surface area contributed by atoms with Crippen molar-refractivity contribution in [3.63, 3.8) is 0 Å². The Morgan fingerprint density at radius 2 is 2.12 bits per heavy atom. The summed E-state index contributed by atoms with van der Waals surface area (Å²) in [7, 11) is 0. The molecule has 1 amide bonds. The van der Waals surface area contributed by atoms with Crippen molar-refractivity contribution in [2.24, 2.45) is 4.99 Å². The number of hydrogen-bond acceptors (Lipinski definition) is 5. The summed E-state index contributed by atoms with van der Waals surface area (Å²) < 4.78 is 13.9. The minimum absolute atomic E-state index is 0.0540. The van der Waals surface area contributed by atoms with Crippen LogP contribution in [0, 0.1) is 5.82 Å². The highest BCUT2D eigenvalue weighted by Crippen LogP contribution is 2.45. The van der Waals surface area contributed by atoms with Gasteiger partial charge in [-0.25, -0.2) is 19.2 Å². The highest BCUT2D eigenvalue weighted by Gasteiger charge is 2.36. The molecule has 2 heterocycles. The van der Waals surface area contributed by atoms with Gasteiger partial charge < -0.3 is 5.11 Å². The smallest absolute Gasteiger partial charge is 0.410 e. The molecule has 0 saturated carbocycles. The van der Waals surface area contributed by atoms with Crippen molar-refractivity contribution in [1.29, 1.82) is 0 Å². The maximum absolute atomic E-state index is 14.3. The standard InChI is InChI=1S/C17H17FN4O2S/c1-10-6-17(2,25-15(21-10)22-16(23)24)12-3-4-14(18)13(5-12)11-7-19-9-20-8-11/h3-5,7-10H,6H2,1-2H3,(H,21,22)(H,23,24)/t10-,17+/m1/s1. The number of aliphatic imine (C=N–C) groups is 1. The zero-order chi connectivity index (χ0) is 18.0. The Bertz CT molecular complexity index is 831. The molecule has 130 valence electrons. The molecule has 0 bridgehead atoms. The fourth-order valence-electron chi connectivity index (χ4n) is 2.93. The van der Waals surface area contributed by atoms with Gasteiger partial charge in [-0.3, -0.25) is 10.3 Å². The molecule has 0 saturated heterocycles. The molecule has 6 nitrogen and oxygen atoms in total. The average Bonchev–Trinajstić information content (AvgIpc) is 2.54. The van der Waals surface area contributed by atoms with Gasteiger partial charge in [-0.1, -0.05) is 17.8 Å².